The minimum atomic E-state index is -0.950. The fourth-order valence-corrected chi connectivity index (χ4v) is 5.24. The smallest absolute Gasteiger partial charge is 0.0489 e. The molecular formula is C22H22O2S2. The molecule has 26 heavy (non-hydrogen) atoms. The molecule has 0 fully saturated rings. The molecule has 2 nitrogen and oxygen atoms in total. The Bertz CT molecular complexity index is 806. The number of hydrogen-bond donors (Lipinski definition) is 0. The Morgan fingerprint density at radius 1 is 0.462 bits per heavy atom. The molecule has 0 aliphatic heterocycles. The second kappa shape index (κ2) is 9.60. The van der Waals surface area contributed by atoms with Crippen LogP contribution in [0.3, 0.4) is 0 Å². The first-order valence-electron chi connectivity index (χ1n) is 8.54. The molecular weight excluding hydrogens is 360 g/mol. The summed E-state index contributed by atoms with van der Waals surface area (Å²) in [6.07, 6.45) is 0. The maximum atomic E-state index is 12.4. The third-order valence-electron chi connectivity index (χ3n) is 3.99. The summed E-state index contributed by atoms with van der Waals surface area (Å²) >= 11 is 0. The molecule has 0 amide bonds. The molecule has 2 unspecified atom stereocenters. The third-order valence-corrected chi connectivity index (χ3v) is 6.61. The molecule has 0 aromatic heterocycles. The molecule has 0 heterocycles. The minimum Gasteiger partial charge on any atom is -0.259 e. The Morgan fingerprint density at radius 3 is 1.23 bits per heavy atom. The van der Waals surface area contributed by atoms with Crippen molar-refractivity contribution >= 4 is 21.6 Å². The van der Waals surface area contributed by atoms with Gasteiger partial charge in [-0.1, -0.05) is 84.9 Å². The van der Waals surface area contributed by atoms with Gasteiger partial charge in [-0.15, -0.1) is 0 Å². The van der Waals surface area contributed by atoms with Crippen LogP contribution in [0.4, 0.5) is 0 Å². The molecule has 0 saturated heterocycles. The molecule has 3 aromatic rings. The molecule has 4 heteroatoms. The second-order valence-corrected chi connectivity index (χ2v) is 9.16. The monoisotopic (exact) mass is 382 g/mol. The molecule has 2 atom stereocenters. The predicted octanol–water partition coefficient (Wildman–Crippen LogP) is 4.58. The Kier molecular flexibility index (Phi) is 6.92. The van der Waals surface area contributed by atoms with Gasteiger partial charge in [-0.05, 0) is 22.3 Å². The topological polar surface area (TPSA) is 34.1 Å². The lowest BCUT2D eigenvalue weighted by Crippen LogP contribution is -2.02. The van der Waals surface area contributed by atoms with Gasteiger partial charge in [-0.3, -0.25) is 8.42 Å². The summed E-state index contributed by atoms with van der Waals surface area (Å²) in [5.74, 6) is 2.16. The maximum Gasteiger partial charge on any atom is 0.0489 e. The van der Waals surface area contributed by atoms with Gasteiger partial charge < -0.3 is 0 Å². The lowest BCUT2D eigenvalue weighted by atomic mass is 10.2. The van der Waals surface area contributed by atoms with Gasteiger partial charge in [0.2, 0.25) is 0 Å². The van der Waals surface area contributed by atoms with Crippen LogP contribution in [0, 0.1) is 0 Å². The standard InChI is InChI=1S/C22H22O2S2/c23-25(15-19-8-3-1-4-9-19)17-21-12-7-13-22(14-21)18-26(24)16-20-10-5-2-6-11-20/h1-14H,15-18H2. The zero-order chi connectivity index (χ0) is 18.2. The molecule has 0 bridgehead atoms. The highest BCUT2D eigenvalue weighted by molar-refractivity contribution is 7.83. The van der Waals surface area contributed by atoms with Crippen molar-refractivity contribution < 1.29 is 8.42 Å². The van der Waals surface area contributed by atoms with Crippen LogP contribution in [0.1, 0.15) is 22.3 Å². The predicted molar refractivity (Wildman–Crippen MR) is 110 cm³/mol. The van der Waals surface area contributed by atoms with Gasteiger partial charge >= 0.3 is 0 Å². The molecule has 0 spiro atoms. The van der Waals surface area contributed by atoms with Crippen LogP contribution in [-0.2, 0) is 44.6 Å². The van der Waals surface area contributed by atoms with Gasteiger partial charge in [-0.25, -0.2) is 0 Å². The fourth-order valence-electron chi connectivity index (χ4n) is 2.80. The summed E-state index contributed by atoms with van der Waals surface area (Å²) in [4.78, 5) is 0. The molecule has 0 saturated carbocycles. The van der Waals surface area contributed by atoms with E-state index in [1.54, 1.807) is 0 Å². The van der Waals surface area contributed by atoms with Gasteiger partial charge in [0.25, 0.3) is 0 Å². The fraction of sp³-hybridized carbons (Fsp3) is 0.182. The van der Waals surface area contributed by atoms with Crippen LogP contribution in [0.15, 0.2) is 84.9 Å². The van der Waals surface area contributed by atoms with E-state index in [1.807, 2.05) is 84.9 Å². The molecule has 3 rings (SSSR count). The normalized spacial score (nSPS) is 13.2. The zero-order valence-electron chi connectivity index (χ0n) is 14.5. The lowest BCUT2D eigenvalue weighted by molar-refractivity contribution is 0.681. The van der Waals surface area contributed by atoms with Crippen LogP contribution >= 0.6 is 0 Å². The van der Waals surface area contributed by atoms with E-state index in [1.165, 1.54) is 0 Å². The quantitative estimate of drug-likeness (QED) is 0.571. The molecule has 134 valence electrons. The highest BCUT2D eigenvalue weighted by Gasteiger charge is 2.07. The van der Waals surface area contributed by atoms with Gasteiger partial charge in [-0.2, -0.15) is 0 Å². The average molecular weight is 383 g/mol. The van der Waals surface area contributed by atoms with Crippen LogP contribution < -0.4 is 0 Å². The summed E-state index contributed by atoms with van der Waals surface area (Å²) in [5, 5.41) is 0. The van der Waals surface area contributed by atoms with E-state index < -0.39 is 21.6 Å². The van der Waals surface area contributed by atoms with Crippen LogP contribution in [0.5, 0.6) is 0 Å². The van der Waals surface area contributed by atoms with Crippen molar-refractivity contribution in [2.75, 3.05) is 0 Å². The Hall–Kier alpha value is -2.04. The summed E-state index contributed by atoms with van der Waals surface area (Å²) in [6, 6.07) is 27.8. The first-order chi connectivity index (χ1) is 12.7. The molecule has 0 N–H and O–H groups in total. The van der Waals surface area contributed by atoms with Crippen molar-refractivity contribution in [1.82, 2.24) is 0 Å². The van der Waals surface area contributed by atoms with Crippen molar-refractivity contribution in [3.8, 4) is 0 Å². The van der Waals surface area contributed by atoms with Crippen LogP contribution in [0.25, 0.3) is 0 Å². The first-order valence-corrected chi connectivity index (χ1v) is 11.5. The number of benzene rings is 3. The van der Waals surface area contributed by atoms with Crippen LogP contribution in [-0.4, -0.2) is 8.42 Å². The summed E-state index contributed by atoms with van der Waals surface area (Å²) in [7, 11) is -1.90. The van der Waals surface area contributed by atoms with Crippen LogP contribution in [0.2, 0.25) is 0 Å². The highest BCUT2D eigenvalue weighted by atomic mass is 32.2. The van der Waals surface area contributed by atoms with Crippen molar-refractivity contribution in [1.29, 1.82) is 0 Å². The van der Waals surface area contributed by atoms with E-state index >= 15 is 0 Å². The van der Waals surface area contributed by atoms with Crippen molar-refractivity contribution in [2.45, 2.75) is 23.0 Å². The van der Waals surface area contributed by atoms with Crippen molar-refractivity contribution in [3.05, 3.63) is 107 Å². The summed E-state index contributed by atoms with van der Waals surface area (Å²) in [5.41, 5.74) is 4.25. The van der Waals surface area contributed by atoms with E-state index in [0.717, 1.165) is 22.3 Å². The third kappa shape index (κ3) is 6.04. The van der Waals surface area contributed by atoms with Crippen molar-refractivity contribution in [3.63, 3.8) is 0 Å². The maximum absolute atomic E-state index is 12.4. The molecule has 0 aliphatic rings. The zero-order valence-corrected chi connectivity index (χ0v) is 16.2. The number of rotatable bonds is 8. The number of hydrogen-bond acceptors (Lipinski definition) is 2. The van der Waals surface area contributed by atoms with E-state index in [-0.39, 0.29) is 0 Å². The second-order valence-electron chi connectivity index (χ2n) is 6.25. The highest BCUT2D eigenvalue weighted by Crippen LogP contribution is 2.14. The van der Waals surface area contributed by atoms with Gasteiger partial charge in [0.05, 0.1) is 0 Å². The van der Waals surface area contributed by atoms with Crippen molar-refractivity contribution in [2.24, 2.45) is 0 Å². The van der Waals surface area contributed by atoms with Gasteiger partial charge in [0.15, 0.2) is 0 Å². The Morgan fingerprint density at radius 2 is 0.808 bits per heavy atom. The van der Waals surface area contributed by atoms with E-state index in [4.69, 9.17) is 0 Å². The summed E-state index contributed by atoms with van der Waals surface area (Å²) < 4.78 is 24.8. The lowest BCUT2D eigenvalue weighted by Gasteiger charge is -2.07. The van der Waals surface area contributed by atoms with E-state index in [2.05, 4.69) is 0 Å². The SMILES string of the molecule is O=S(Cc1ccccc1)Cc1cccc(CS(=O)Cc2ccccc2)c1. The summed E-state index contributed by atoms with van der Waals surface area (Å²) in [6.45, 7) is 0. The van der Waals surface area contributed by atoms with E-state index in [9.17, 15) is 8.42 Å². The largest absolute Gasteiger partial charge is 0.259 e. The molecule has 0 radical (unpaired) electrons. The minimum absolute atomic E-state index is 0.522. The molecule has 3 aromatic carbocycles. The first kappa shape index (κ1) is 18.7. The molecule has 0 aliphatic carbocycles. The Balaban J connectivity index is 1.57. The van der Waals surface area contributed by atoms with Gasteiger partial charge in [0.1, 0.15) is 0 Å². The van der Waals surface area contributed by atoms with E-state index in [0.29, 0.717) is 23.0 Å². The average Bonchev–Trinajstić information content (AvgIpc) is 2.63. The Labute approximate surface area is 160 Å². The van der Waals surface area contributed by atoms with Gasteiger partial charge in [0, 0.05) is 44.6 Å².